The first-order valence-corrected chi connectivity index (χ1v) is 3.11. The molecule has 7 heteroatoms. The van der Waals surface area contributed by atoms with Gasteiger partial charge in [-0.25, -0.2) is 4.79 Å². The topological polar surface area (TPSA) is 104 Å². The molecule has 1 fully saturated rings. The van der Waals surface area contributed by atoms with Crippen LogP contribution in [0.25, 0.3) is 0 Å². The van der Waals surface area contributed by atoms with Crippen molar-refractivity contribution in [3.63, 3.8) is 0 Å². The van der Waals surface area contributed by atoms with E-state index in [-0.39, 0.29) is 29.6 Å². The molecule has 0 spiro atoms. The Morgan fingerprint density at radius 3 is 2.46 bits per heavy atom. The van der Waals surface area contributed by atoms with Crippen LogP contribution in [-0.2, 0) is 19.1 Å². The van der Waals surface area contributed by atoms with Gasteiger partial charge in [0.15, 0.2) is 5.60 Å². The Hall–Kier alpha value is -0.430. The van der Waals surface area contributed by atoms with E-state index in [9.17, 15) is 24.6 Å². The van der Waals surface area contributed by atoms with E-state index in [1.54, 1.807) is 0 Å². The minimum atomic E-state index is -2.23. The molecule has 0 aromatic rings. The van der Waals surface area contributed by atoms with E-state index in [4.69, 9.17) is 0 Å². The molecule has 0 radical (unpaired) electrons. The standard InChI is InChI=1S/C6H6O6.Na/c7-3(8)1-6(11)2-4(9)12-5(6)10;/h11H,1-2H2,(H,7,8);/q;+1/p-1. The molecule has 1 aliphatic rings. The SMILES string of the molecule is O=C([O-])CC1(O)CC(=O)OC1=O.[Na+]. The third-order valence-electron chi connectivity index (χ3n) is 1.46. The van der Waals surface area contributed by atoms with Crippen molar-refractivity contribution in [3.8, 4) is 0 Å². The van der Waals surface area contributed by atoms with Crippen molar-refractivity contribution in [2.75, 3.05) is 0 Å². The van der Waals surface area contributed by atoms with Crippen LogP contribution in [-0.4, -0.2) is 28.6 Å². The van der Waals surface area contributed by atoms with Crippen molar-refractivity contribution in [1.82, 2.24) is 0 Å². The molecule has 0 saturated carbocycles. The van der Waals surface area contributed by atoms with Crippen LogP contribution in [0.1, 0.15) is 12.8 Å². The Kier molecular flexibility index (Phi) is 4.05. The van der Waals surface area contributed by atoms with Crippen LogP contribution in [0.3, 0.4) is 0 Å². The first kappa shape index (κ1) is 12.6. The molecule has 1 rings (SSSR count). The number of carbonyl (C=O) groups is 3. The molecule has 1 aliphatic heterocycles. The van der Waals surface area contributed by atoms with E-state index in [1.807, 2.05) is 0 Å². The number of carbonyl (C=O) groups excluding carboxylic acids is 3. The van der Waals surface area contributed by atoms with Gasteiger partial charge in [0.1, 0.15) is 0 Å². The van der Waals surface area contributed by atoms with Crippen LogP contribution < -0.4 is 34.7 Å². The van der Waals surface area contributed by atoms with Crippen molar-refractivity contribution < 1.29 is 58.9 Å². The van der Waals surface area contributed by atoms with Crippen molar-refractivity contribution in [2.45, 2.75) is 18.4 Å². The van der Waals surface area contributed by atoms with E-state index in [2.05, 4.69) is 4.74 Å². The zero-order chi connectivity index (χ0) is 9.35. The predicted molar refractivity (Wildman–Crippen MR) is 30.3 cm³/mol. The van der Waals surface area contributed by atoms with E-state index < -0.39 is 36.4 Å². The summed E-state index contributed by atoms with van der Waals surface area (Å²) in [7, 11) is 0. The molecule has 0 aromatic carbocycles. The van der Waals surface area contributed by atoms with Gasteiger partial charge in [-0.15, -0.1) is 0 Å². The molecule has 6 nitrogen and oxygen atoms in total. The van der Waals surface area contributed by atoms with Crippen LogP contribution in [0.2, 0.25) is 0 Å². The largest absolute Gasteiger partial charge is 1.00 e. The summed E-state index contributed by atoms with van der Waals surface area (Å²) in [5.41, 5.74) is -2.23. The van der Waals surface area contributed by atoms with Gasteiger partial charge in [-0.05, 0) is 0 Å². The minimum Gasteiger partial charge on any atom is -0.550 e. The summed E-state index contributed by atoms with van der Waals surface area (Å²) in [5.74, 6) is -3.76. The number of esters is 2. The van der Waals surface area contributed by atoms with Crippen LogP contribution in [0, 0.1) is 0 Å². The summed E-state index contributed by atoms with van der Waals surface area (Å²) in [6, 6.07) is 0. The second kappa shape index (κ2) is 4.19. The van der Waals surface area contributed by atoms with Gasteiger partial charge in [-0.3, -0.25) is 4.79 Å². The number of carboxylic acids is 1. The third-order valence-corrected chi connectivity index (χ3v) is 1.46. The Bertz CT molecular complexity index is 262. The molecular weight excluding hydrogens is 191 g/mol. The van der Waals surface area contributed by atoms with E-state index in [1.165, 1.54) is 0 Å². The molecule has 66 valence electrons. The number of hydrogen-bond acceptors (Lipinski definition) is 6. The molecule has 1 unspecified atom stereocenters. The molecule has 0 aromatic heterocycles. The average molecular weight is 196 g/mol. The third kappa shape index (κ3) is 2.77. The molecule has 0 amide bonds. The number of hydrogen-bond donors (Lipinski definition) is 1. The number of cyclic esters (lactones) is 2. The molecule has 0 bridgehead atoms. The van der Waals surface area contributed by atoms with Crippen LogP contribution >= 0.6 is 0 Å². The van der Waals surface area contributed by atoms with Crippen molar-refractivity contribution in [3.05, 3.63) is 0 Å². The van der Waals surface area contributed by atoms with E-state index in [0.29, 0.717) is 0 Å². The second-order valence-corrected chi connectivity index (χ2v) is 2.52. The Balaban J connectivity index is 0.00000144. The number of aliphatic carboxylic acids is 1. The molecule has 1 N–H and O–H groups in total. The fourth-order valence-electron chi connectivity index (χ4n) is 0.919. The maximum absolute atomic E-state index is 10.7. The number of rotatable bonds is 2. The van der Waals surface area contributed by atoms with Gasteiger partial charge in [-0.2, -0.15) is 0 Å². The summed E-state index contributed by atoms with van der Waals surface area (Å²) < 4.78 is 3.96. The monoisotopic (exact) mass is 196 g/mol. The van der Waals surface area contributed by atoms with Gasteiger partial charge in [0.2, 0.25) is 0 Å². The maximum atomic E-state index is 10.7. The molecule has 13 heavy (non-hydrogen) atoms. The van der Waals surface area contributed by atoms with Crippen molar-refractivity contribution >= 4 is 17.9 Å². The molecule has 0 aliphatic carbocycles. The van der Waals surface area contributed by atoms with Gasteiger partial charge in [0, 0.05) is 12.4 Å². The van der Waals surface area contributed by atoms with E-state index in [0.717, 1.165) is 0 Å². The number of carboxylic acid groups (broad SMARTS) is 1. The van der Waals surface area contributed by atoms with Gasteiger partial charge in [0.05, 0.1) is 6.42 Å². The van der Waals surface area contributed by atoms with Crippen LogP contribution in [0.4, 0.5) is 0 Å². The summed E-state index contributed by atoms with van der Waals surface area (Å²) in [6.45, 7) is 0. The first-order valence-electron chi connectivity index (χ1n) is 3.11. The normalized spacial score (nSPS) is 26.5. The quantitative estimate of drug-likeness (QED) is 0.268. The smallest absolute Gasteiger partial charge is 0.550 e. The van der Waals surface area contributed by atoms with Crippen LogP contribution in [0.5, 0.6) is 0 Å². The number of ether oxygens (including phenoxy) is 1. The van der Waals surface area contributed by atoms with Crippen molar-refractivity contribution in [1.29, 1.82) is 0 Å². The molecule has 1 atom stereocenters. The fraction of sp³-hybridized carbons (Fsp3) is 0.500. The number of aliphatic hydroxyl groups is 1. The Morgan fingerprint density at radius 1 is 1.62 bits per heavy atom. The summed E-state index contributed by atoms with van der Waals surface area (Å²) in [5, 5.41) is 19.2. The van der Waals surface area contributed by atoms with Gasteiger partial charge < -0.3 is 19.7 Å². The molecule has 1 saturated heterocycles. The molecule has 1 heterocycles. The fourth-order valence-corrected chi connectivity index (χ4v) is 0.919. The van der Waals surface area contributed by atoms with Gasteiger partial charge in [0.25, 0.3) is 0 Å². The maximum Gasteiger partial charge on any atom is 1.00 e. The summed E-state index contributed by atoms with van der Waals surface area (Å²) in [6.07, 6.45) is -1.54. The van der Waals surface area contributed by atoms with Gasteiger partial charge >= 0.3 is 41.5 Å². The van der Waals surface area contributed by atoms with Gasteiger partial charge in [-0.1, -0.05) is 0 Å². The summed E-state index contributed by atoms with van der Waals surface area (Å²) >= 11 is 0. The predicted octanol–water partition coefficient (Wildman–Crippen LogP) is -5.66. The second-order valence-electron chi connectivity index (χ2n) is 2.52. The minimum absolute atomic E-state index is 0. The van der Waals surface area contributed by atoms with Crippen molar-refractivity contribution in [2.24, 2.45) is 0 Å². The first-order chi connectivity index (χ1) is 5.44. The zero-order valence-corrected chi connectivity index (χ0v) is 8.90. The Morgan fingerprint density at radius 2 is 2.15 bits per heavy atom. The molecular formula is C6H5NaO6. The van der Waals surface area contributed by atoms with E-state index >= 15 is 0 Å². The average Bonchev–Trinajstić information content (AvgIpc) is 2.04. The Labute approximate surface area is 95.2 Å². The summed E-state index contributed by atoms with van der Waals surface area (Å²) in [4.78, 5) is 31.1. The van der Waals surface area contributed by atoms with Crippen LogP contribution in [0.15, 0.2) is 0 Å². The zero-order valence-electron chi connectivity index (χ0n) is 6.90.